The minimum Gasteiger partial charge on any atom is -0.338 e. The second-order valence-corrected chi connectivity index (χ2v) is 4.63. The molecule has 20 heavy (non-hydrogen) atoms. The first kappa shape index (κ1) is 14.5. The number of benzene rings is 1. The maximum absolute atomic E-state index is 12.6. The molecule has 0 aliphatic rings. The Balaban J connectivity index is 2.20. The fourth-order valence-electron chi connectivity index (χ4n) is 1.57. The molecule has 1 aromatic carbocycles. The van der Waals surface area contributed by atoms with E-state index in [2.05, 4.69) is 15.5 Å². The first-order chi connectivity index (χ1) is 9.36. The summed E-state index contributed by atoms with van der Waals surface area (Å²) in [7, 11) is 0. The number of aromatic nitrogens is 2. The van der Waals surface area contributed by atoms with Gasteiger partial charge in [0, 0.05) is 11.6 Å². The van der Waals surface area contributed by atoms with E-state index in [4.69, 9.17) is 4.52 Å². The summed E-state index contributed by atoms with van der Waals surface area (Å²) >= 11 is 0. The van der Waals surface area contributed by atoms with Crippen molar-refractivity contribution >= 4 is 0 Å². The molecule has 0 unspecified atom stereocenters. The standard InChI is InChI=1S/C13H14F3N3O/c1-8(2)17-7-11-18-12(19-20-11)9-4-3-5-10(6-9)13(14,15)16/h3-6,8,17H,7H2,1-2H3. The zero-order chi connectivity index (χ0) is 14.8. The summed E-state index contributed by atoms with van der Waals surface area (Å²) < 4.78 is 42.9. The summed E-state index contributed by atoms with van der Waals surface area (Å²) in [4.78, 5) is 4.07. The predicted molar refractivity (Wildman–Crippen MR) is 66.7 cm³/mol. The van der Waals surface area contributed by atoms with Gasteiger partial charge in [0.2, 0.25) is 11.7 Å². The van der Waals surface area contributed by atoms with Crippen LogP contribution in [0.15, 0.2) is 28.8 Å². The third-order valence-electron chi connectivity index (χ3n) is 2.58. The van der Waals surface area contributed by atoms with Crippen molar-refractivity contribution in [1.29, 1.82) is 0 Å². The van der Waals surface area contributed by atoms with Crippen LogP contribution >= 0.6 is 0 Å². The summed E-state index contributed by atoms with van der Waals surface area (Å²) in [5.74, 6) is 0.489. The molecule has 7 heteroatoms. The van der Waals surface area contributed by atoms with Gasteiger partial charge in [-0.05, 0) is 12.1 Å². The molecule has 108 valence electrons. The smallest absolute Gasteiger partial charge is 0.338 e. The van der Waals surface area contributed by atoms with E-state index in [1.807, 2.05) is 13.8 Å². The van der Waals surface area contributed by atoms with E-state index in [0.717, 1.165) is 12.1 Å². The molecule has 0 spiro atoms. The van der Waals surface area contributed by atoms with Gasteiger partial charge in [-0.1, -0.05) is 31.1 Å². The predicted octanol–water partition coefficient (Wildman–Crippen LogP) is 3.25. The Morgan fingerprint density at radius 3 is 2.70 bits per heavy atom. The Labute approximate surface area is 114 Å². The van der Waals surface area contributed by atoms with Crippen LogP contribution < -0.4 is 5.32 Å². The van der Waals surface area contributed by atoms with E-state index in [-0.39, 0.29) is 17.4 Å². The Hall–Kier alpha value is -1.89. The third-order valence-corrected chi connectivity index (χ3v) is 2.58. The van der Waals surface area contributed by atoms with Crippen molar-refractivity contribution in [2.24, 2.45) is 0 Å². The summed E-state index contributed by atoms with van der Waals surface area (Å²) in [6.45, 7) is 4.30. The average molecular weight is 285 g/mol. The molecule has 0 radical (unpaired) electrons. The molecule has 2 aromatic rings. The van der Waals surface area contributed by atoms with Crippen LogP contribution in [0.5, 0.6) is 0 Å². The molecule has 1 aromatic heterocycles. The monoisotopic (exact) mass is 285 g/mol. The van der Waals surface area contributed by atoms with Crippen LogP contribution in [0.1, 0.15) is 25.3 Å². The Morgan fingerprint density at radius 1 is 1.30 bits per heavy atom. The van der Waals surface area contributed by atoms with E-state index >= 15 is 0 Å². The number of nitrogens with zero attached hydrogens (tertiary/aromatic N) is 2. The van der Waals surface area contributed by atoms with Gasteiger partial charge in [0.15, 0.2) is 0 Å². The van der Waals surface area contributed by atoms with Crippen LogP contribution in [0.3, 0.4) is 0 Å². The van der Waals surface area contributed by atoms with Crippen molar-refractivity contribution in [3.63, 3.8) is 0 Å². The molecular formula is C13H14F3N3O. The Bertz CT molecular complexity index is 578. The van der Waals surface area contributed by atoms with Gasteiger partial charge < -0.3 is 9.84 Å². The molecule has 4 nitrogen and oxygen atoms in total. The van der Waals surface area contributed by atoms with E-state index in [9.17, 15) is 13.2 Å². The zero-order valence-corrected chi connectivity index (χ0v) is 11.0. The van der Waals surface area contributed by atoms with Gasteiger partial charge >= 0.3 is 6.18 Å². The SMILES string of the molecule is CC(C)NCc1nc(-c2cccc(C(F)(F)F)c2)no1. The molecule has 0 aliphatic heterocycles. The molecule has 1 N–H and O–H groups in total. The lowest BCUT2D eigenvalue weighted by molar-refractivity contribution is -0.137. The maximum Gasteiger partial charge on any atom is 0.416 e. The largest absolute Gasteiger partial charge is 0.416 e. The molecular weight excluding hydrogens is 271 g/mol. The molecule has 0 aliphatic carbocycles. The van der Waals surface area contributed by atoms with Crippen LogP contribution in [0.4, 0.5) is 13.2 Å². The van der Waals surface area contributed by atoms with Crippen molar-refractivity contribution in [3.05, 3.63) is 35.7 Å². The minimum atomic E-state index is -4.39. The summed E-state index contributed by atoms with van der Waals surface area (Å²) in [6.07, 6.45) is -4.39. The molecule has 0 atom stereocenters. The number of rotatable bonds is 4. The summed E-state index contributed by atoms with van der Waals surface area (Å²) in [5.41, 5.74) is -0.457. The lowest BCUT2D eigenvalue weighted by atomic mass is 10.1. The maximum atomic E-state index is 12.6. The van der Waals surface area contributed by atoms with Crippen LogP contribution in [0, 0.1) is 0 Å². The average Bonchev–Trinajstić information content (AvgIpc) is 2.84. The lowest BCUT2D eigenvalue weighted by Gasteiger charge is -2.06. The Kier molecular flexibility index (Phi) is 4.08. The number of halogens is 3. The molecule has 0 saturated carbocycles. The first-order valence-corrected chi connectivity index (χ1v) is 6.10. The van der Waals surface area contributed by atoms with Gasteiger partial charge in [-0.25, -0.2) is 0 Å². The van der Waals surface area contributed by atoms with Crippen LogP contribution in [0.25, 0.3) is 11.4 Å². The highest BCUT2D eigenvalue weighted by Gasteiger charge is 2.30. The van der Waals surface area contributed by atoms with Gasteiger partial charge in [0.05, 0.1) is 12.1 Å². The quantitative estimate of drug-likeness (QED) is 0.936. The van der Waals surface area contributed by atoms with Crippen molar-refractivity contribution in [2.45, 2.75) is 32.6 Å². The molecule has 0 saturated heterocycles. The molecule has 1 heterocycles. The number of hydrogen-bond donors (Lipinski definition) is 1. The second kappa shape index (κ2) is 5.62. The van der Waals surface area contributed by atoms with Gasteiger partial charge in [-0.2, -0.15) is 18.2 Å². The van der Waals surface area contributed by atoms with E-state index in [1.54, 1.807) is 0 Å². The lowest BCUT2D eigenvalue weighted by Crippen LogP contribution is -2.21. The first-order valence-electron chi connectivity index (χ1n) is 6.10. The fourth-order valence-corrected chi connectivity index (χ4v) is 1.57. The zero-order valence-electron chi connectivity index (χ0n) is 11.0. The Morgan fingerprint density at radius 2 is 2.05 bits per heavy atom. The molecule has 0 amide bonds. The van der Waals surface area contributed by atoms with Gasteiger partial charge in [0.1, 0.15) is 0 Å². The highest BCUT2D eigenvalue weighted by Crippen LogP contribution is 2.31. The topological polar surface area (TPSA) is 51.0 Å². The highest BCUT2D eigenvalue weighted by molar-refractivity contribution is 5.55. The van der Waals surface area contributed by atoms with E-state index in [1.165, 1.54) is 12.1 Å². The molecule has 2 rings (SSSR count). The second-order valence-electron chi connectivity index (χ2n) is 4.63. The number of nitrogens with one attached hydrogen (secondary N) is 1. The van der Waals surface area contributed by atoms with Gasteiger partial charge in [0.25, 0.3) is 0 Å². The number of hydrogen-bond acceptors (Lipinski definition) is 4. The fraction of sp³-hybridized carbons (Fsp3) is 0.385. The van der Waals surface area contributed by atoms with Crippen molar-refractivity contribution in [2.75, 3.05) is 0 Å². The molecule has 0 fully saturated rings. The highest BCUT2D eigenvalue weighted by atomic mass is 19.4. The van der Waals surface area contributed by atoms with Crippen molar-refractivity contribution < 1.29 is 17.7 Å². The van der Waals surface area contributed by atoms with E-state index in [0.29, 0.717) is 12.4 Å². The summed E-state index contributed by atoms with van der Waals surface area (Å²) in [6, 6.07) is 5.09. The number of alkyl halides is 3. The van der Waals surface area contributed by atoms with Crippen molar-refractivity contribution in [3.8, 4) is 11.4 Å². The minimum absolute atomic E-state index is 0.150. The van der Waals surface area contributed by atoms with Crippen LogP contribution in [-0.2, 0) is 12.7 Å². The molecule has 0 bridgehead atoms. The van der Waals surface area contributed by atoms with Gasteiger partial charge in [-0.3, -0.25) is 0 Å². The van der Waals surface area contributed by atoms with E-state index < -0.39 is 11.7 Å². The van der Waals surface area contributed by atoms with Crippen LogP contribution in [-0.4, -0.2) is 16.2 Å². The normalized spacial score (nSPS) is 12.1. The third kappa shape index (κ3) is 3.57. The van der Waals surface area contributed by atoms with Crippen molar-refractivity contribution in [1.82, 2.24) is 15.5 Å². The summed E-state index contributed by atoms with van der Waals surface area (Å²) in [5, 5.41) is 6.78. The van der Waals surface area contributed by atoms with Crippen LogP contribution in [0.2, 0.25) is 0 Å². The van der Waals surface area contributed by atoms with Gasteiger partial charge in [-0.15, -0.1) is 0 Å².